The summed E-state index contributed by atoms with van der Waals surface area (Å²) in [7, 11) is -4.77. The van der Waals surface area contributed by atoms with Gasteiger partial charge in [0, 0.05) is 24.5 Å². The van der Waals surface area contributed by atoms with Gasteiger partial charge in [-0.2, -0.15) is 34.2 Å². The van der Waals surface area contributed by atoms with Crippen molar-refractivity contribution in [2.75, 3.05) is 31.9 Å². The van der Waals surface area contributed by atoms with Gasteiger partial charge >= 0.3 is 59.1 Å². The van der Waals surface area contributed by atoms with Gasteiger partial charge in [0.2, 0.25) is 35.7 Å². The summed E-state index contributed by atoms with van der Waals surface area (Å²) < 4.78 is 40.3. The zero-order chi connectivity index (χ0) is 44.9. The Hall–Kier alpha value is -5.72. The van der Waals surface area contributed by atoms with Gasteiger partial charge in [0.1, 0.15) is 10.1 Å². The summed E-state index contributed by atoms with van der Waals surface area (Å²) in [6, 6.07) is 48.2. The summed E-state index contributed by atoms with van der Waals surface area (Å²) in [5.74, 6) is 1.36. The number of benzene rings is 6. The second kappa shape index (κ2) is 24.9. The zero-order valence-corrected chi connectivity index (χ0v) is 41.7. The van der Waals surface area contributed by atoms with Gasteiger partial charge in [0.05, 0.1) is 33.2 Å². The number of hydrogen-bond donors (Lipinski definition) is 6. The first kappa shape index (κ1) is 50.7. The summed E-state index contributed by atoms with van der Waals surface area (Å²) in [5.41, 5.74) is 6.38. The molecule has 0 saturated carbocycles. The first-order chi connectivity index (χ1) is 31.7. The molecule has 0 unspecified atom stereocenters. The van der Waals surface area contributed by atoms with E-state index in [9.17, 15) is 18.2 Å². The van der Waals surface area contributed by atoms with E-state index >= 15 is 0 Å². The number of hydrogen-bond acceptors (Lipinski definition) is 19. The first-order valence-corrected chi connectivity index (χ1v) is 22.0. The van der Waals surface area contributed by atoms with Crippen molar-refractivity contribution in [2.24, 2.45) is 0 Å². The minimum atomic E-state index is -4.77. The molecular weight excluding hydrogens is 915 g/mol. The molecule has 0 fully saturated rings. The molecule has 0 aliphatic heterocycles. The number of nitrogens with one attached hydrogen (secondary N) is 6. The monoisotopic (exact) mass is 952 g/mol. The van der Waals surface area contributed by atoms with Crippen LogP contribution >= 0.6 is 12.0 Å². The Morgan fingerprint density at radius 1 is 0.463 bits per heavy atom. The van der Waals surface area contributed by atoms with Crippen molar-refractivity contribution in [3.8, 4) is 0 Å². The van der Waals surface area contributed by atoms with E-state index in [0.29, 0.717) is 42.0 Å². The van der Waals surface area contributed by atoms with Crippen molar-refractivity contribution >= 4 is 80.6 Å². The second-order valence-corrected chi connectivity index (χ2v) is 16.1. The molecule has 8 aromatic rings. The standard InChI is InChI=1S/C45H40N12O6S2.2Na/c58-62-63-64-38-17-9-7-15-36(38)50-44-54-40(52-42(56-44)48-34-11-3-1-4-12-34)46-28-32-23-19-30(20-24-32)27-31-21-25-33(26-22-31)29-47-41-53-43(49-35-13-5-2-6-14-35)57-45(55-41)51-37-16-8-10-18-39(37)65(59,60)61;;/h1-26,58H,27-29H2,(H,59,60,61)(H3,46,48,50,52,54,56)(H3,47,49,51,53,55,57);;/q;2*+1/p-2. The largest absolute Gasteiger partial charge is 1.00 e. The second-order valence-electron chi connectivity index (χ2n) is 14.0. The maximum Gasteiger partial charge on any atom is 1.00 e. The molecule has 0 radical (unpaired) electrons. The first-order valence-electron chi connectivity index (χ1n) is 19.8. The van der Waals surface area contributed by atoms with Crippen molar-refractivity contribution in [1.82, 2.24) is 29.9 Å². The maximum atomic E-state index is 11.9. The van der Waals surface area contributed by atoms with Gasteiger partial charge in [-0.25, -0.2) is 8.42 Å². The van der Waals surface area contributed by atoms with E-state index in [2.05, 4.69) is 95.4 Å². The van der Waals surface area contributed by atoms with Gasteiger partial charge in [0.25, 0.3) is 0 Å². The Morgan fingerprint density at radius 3 is 1.33 bits per heavy atom. The van der Waals surface area contributed by atoms with E-state index in [1.165, 1.54) is 18.2 Å². The molecule has 6 aromatic carbocycles. The van der Waals surface area contributed by atoms with Crippen molar-refractivity contribution in [3.05, 3.63) is 180 Å². The third-order valence-electron chi connectivity index (χ3n) is 9.37. The smallest absolute Gasteiger partial charge is 0.744 e. The van der Waals surface area contributed by atoms with E-state index in [-0.39, 0.29) is 88.6 Å². The van der Waals surface area contributed by atoms with Crippen LogP contribution in [0.15, 0.2) is 168 Å². The van der Waals surface area contributed by atoms with Crippen LogP contribution in [0.3, 0.4) is 0 Å². The van der Waals surface area contributed by atoms with Gasteiger partial charge in [-0.15, -0.1) is 0 Å². The van der Waals surface area contributed by atoms with Crippen LogP contribution in [-0.4, -0.2) is 42.9 Å². The summed E-state index contributed by atoms with van der Waals surface area (Å²) in [4.78, 5) is 27.3. The average molecular weight is 953 g/mol. The van der Waals surface area contributed by atoms with Crippen LogP contribution in [0.5, 0.6) is 0 Å². The molecule has 18 nitrogen and oxygen atoms in total. The predicted octanol–water partition coefficient (Wildman–Crippen LogP) is 1.99. The third-order valence-corrected chi connectivity index (χ3v) is 10.9. The van der Waals surface area contributed by atoms with E-state index in [4.69, 9.17) is 0 Å². The van der Waals surface area contributed by atoms with Crippen LogP contribution in [0.1, 0.15) is 22.3 Å². The fourth-order valence-corrected chi connectivity index (χ4v) is 7.38. The minimum absolute atomic E-state index is 0. The van der Waals surface area contributed by atoms with Crippen molar-refractivity contribution in [1.29, 1.82) is 0 Å². The van der Waals surface area contributed by atoms with Gasteiger partial charge < -0.3 is 41.7 Å². The number of para-hydroxylation sites is 4. The molecule has 0 amide bonds. The summed E-state index contributed by atoms with van der Waals surface area (Å²) in [6.07, 6.45) is 0.710. The maximum absolute atomic E-state index is 11.9. The molecule has 67 heavy (non-hydrogen) atoms. The van der Waals surface area contributed by atoms with Crippen LogP contribution in [0.25, 0.3) is 0 Å². The van der Waals surface area contributed by atoms with Gasteiger partial charge in [0.15, 0.2) is 0 Å². The average Bonchev–Trinajstić information content (AvgIpc) is 3.31. The molecule has 8 rings (SSSR count). The fraction of sp³-hybridized carbons (Fsp3) is 0.0667. The van der Waals surface area contributed by atoms with Crippen LogP contribution < -0.4 is 96.3 Å². The topological polar surface area (TPSA) is 248 Å². The molecule has 0 spiro atoms. The molecule has 0 bridgehead atoms. The summed E-state index contributed by atoms with van der Waals surface area (Å²) >= 11 is 0.759. The number of nitrogens with zero attached hydrogens (tertiary/aromatic N) is 6. The number of anilines is 10. The van der Waals surface area contributed by atoms with Crippen molar-refractivity contribution in [2.45, 2.75) is 29.3 Å². The minimum Gasteiger partial charge on any atom is -0.744 e. The molecule has 0 aliphatic rings. The molecule has 0 saturated heterocycles. The molecule has 0 atom stereocenters. The Labute approximate surface area is 434 Å². The molecule has 0 aliphatic carbocycles. The summed E-state index contributed by atoms with van der Waals surface area (Å²) in [5, 5.41) is 32.9. The van der Waals surface area contributed by atoms with Crippen LogP contribution in [0.4, 0.5) is 58.4 Å². The van der Waals surface area contributed by atoms with E-state index in [1.807, 2.05) is 91.0 Å². The third kappa shape index (κ3) is 15.1. The Balaban J connectivity index is 0.00000370. The van der Waals surface area contributed by atoms with Gasteiger partial charge in [-0.1, -0.05) is 109 Å². The fourth-order valence-electron chi connectivity index (χ4n) is 6.30. The molecule has 2 aromatic heterocycles. The Kier molecular flexibility index (Phi) is 18.8. The Morgan fingerprint density at radius 2 is 0.851 bits per heavy atom. The predicted molar refractivity (Wildman–Crippen MR) is 245 cm³/mol. The molecule has 6 N–H and O–H groups in total. The summed E-state index contributed by atoms with van der Waals surface area (Å²) in [6.45, 7) is 0.818. The van der Waals surface area contributed by atoms with Crippen molar-refractivity contribution < 1.29 is 86.7 Å². The van der Waals surface area contributed by atoms with Gasteiger partial charge in [-0.3, -0.25) is 5.04 Å². The quantitative estimate of drug-likeness (QED) is 0.0210. The SMILES string of the molecule is O=S(=O)([O-])c1ccccc1Nc1nc(NCc2ccc(Cc3ccc(CNc4nc(Nc5ccccc5)nc(Nc5ccccc5SOO[O-])n4)cc3)cc2)nc(Nc2ccccc2)n1.[Na+].[Na+]. The molecule has 328 valence electrons. The number of aromatic nitrogens is 6. The van der Waals surface area contributed by atoms with E-state index in [1.54, 1.807) is 24.3 Å². The Bertz CT molecular complexity index is 2950. The normalized spacial score (nSPS) is 10.8. The molecular formula is C45H38N12Na2O6S2. The zero-order valence-electron chi connectivity index (χ0n) is 36.1. The van der Waals surface area contributed by atoms with Crippen LogP contribution in [-0.2, 0) is 39.0 Å². The molecule has 2 heterocycles. The van der Waals surface area contributed by atoms with E-state index in [0.717, 1.165) is 45.7 Å². The van der Waals surface area contributed by atoms with Crippen LogP contribution in [0.2, 0.25) is 0 Å². The van der Waals surface area contributed by atoms with Crippen LogP contribution in [0, 0.1) is 0 Å². The van der Waals surface area contributed by atoms with E-state index < -0.39 is 15.0 Å². The molecule has 22 heteroatoms. The number of rotatable bonds is 20. The van der Waals surface area contributed by atoms with Gasteiger partial charge in [-0.05, 0) is 77.2 Å². The van der Waals surface area contributed by atoms with Crippen molar-refractivity contribution in [3.63, 3.8) is 0 Å².